The molecule has 9 nitrogen and oxygen atoms in total. The van der Waals surface area contributed by atoms with Gasteiger partial charge in [-0.05, 0) is 51.3 Å². The molecule has 0 saturated carbocycles. The lowest BCUT2D eigenvalue weighted by molar-refractivity contribution is -0.114. The van der Waals surface area contributed by atoms with Crippen LogP contribution in [0.5, 0.6) is 5.75 Å². The summed E-state index contributed by atoms with van der Waals surface area (Å²) < 4.78 is 11.0. The quantitative estimate of drug-likeness (QED) is 0.209. The number of anilines is 3. The smallest absolute Gasteiger partial charge is 0.323 e. The minimum atomic E-state index is -0.449. The molecule has 1 aliphatic rings. The number of methoxy groups -OCH3 is 1. The van der Waals surface area contributed by atoms with Crippen molar-refractivity contribution in [2.75, 3.05) is 55.9 Å². The van der Waals surface area contributed by atoms with Crippen molar-refractivity contribution in [1.29, 1.82) is 0 Å². The molecule has 0 spiro atoms. The number of fused-ring (bicyclic) bond motifs is 1. The summed E-state index contributed by atoms with van der Waals surface area (Å²) in [5.74, 6) is 0.127. The Kier molecular flexibility index (Phi) is 10.5. The second kappa shape index (κ2) is 14.2. The van der Waals surface area contributed by atoms with Gasteiger partial charge in [-0.15, -0.1) is 0 Å². The molecule has 1 heterocycles. The Morgan fingerprint density at radius 2 is 1.61 bits per heavy atom. The number of amides is 3. The van der Waals surface area contributed by atoms with E-state index in [9.17, 15) is 9.59 Å². The number of hydrogen-bond donors (Lipinski definition) is 4. The van der Waals surface area contributed by atoms with Gasteiger partial charge in [-0.25, -0.2) is 4.79 Å². The maximum atomic E-state index is 13.4. The van der Waals surface area contributed by atoms with Gasteiger partial charge in [0, 0.05) is 38.1 Å². The molecular weight excluding hydrogens is 554 g/mol. The molecule has 4 rings (SSSR count). The first-order chi connectivity index (χ1) is 21.0. The van der Waals surface area contributed by atoms with Gasteiger partial charge in [0.2, 0.25) is 5.91 Å². The molecular formula is C35H43N5O4. The van der Waals surface area contributed by atoms with Gasteiger partial charge in [0.05, 0.1) is 37.4 Å². The van der Waals surface area contributed by atoms with E-state index in [0.29, 0.717) is 22.8 Å². The summed E-state index contributed by atoms with van der Waals surface area (Å²) in [6.45, 7) is 15.9. The average Bonchev–Trinajstić information content (AvgIpc) is 2.98. The van der Waals surface area contributed by atoms with E-state index in [0.717, 1.165) is 65.9 Å². The number of nitrogens with zero attached hydrogens (tertiary/aromatic N) is 1. The van der Waals surface area contributed by atoms with Gasteiger partial charge in [-0.2, -0.15) is 0 Å². The Balaban J connectivity index is 1.58. The number of nitrogens with one attached hydrogen (secondary N) is 3. The van der Waals surface area contributed by atoms with Crippen molar-refractivity contribution < 1.29 is 19.1 Å². The summed E-state index contributed by atoms with van der Waals surface area (Å²) in [5.41, 5.74) is 11.1. The first-order valence-corrected chi connectivity index (χ1v) is 14.7. The van der Waals surface area contributed by atoms with Crippen LogP contribution >= 0.6 is 0 Å². The van der Waals surface area contributed by atoms with Gasteiger partial charge in [0.1, 0.15) is 0 Å². The number of nitrogens with two attached hydrogens (primary N) is 1. The van der Waals surface area contributed by atoms with E-state index in [-0.39, 0.29) is 11.3 Å². The highest BCUT2D eigenvalue weighted by molar-refractivity contribution is 6.09. The van der Waals surface area contributed by atoms with Crippen LogP contribution in [0.15, 0.2) is 79.0 Å². The van der Waals surface area contributed by atoms with Gasteiger partial charge in [-0.1, -0.05) is 69.8 Å². The minimum Gasteiger partial charge on any atom is -0.492 e. The SMILES string of the molecule is C=C(/C=C\C(=C/N)c1ccc(NC(=O)Nc2cc(C(C)(C)C)cc(NC(C)=O)c2OC)c2ccccc12)CN1CCOCC1. The zero-order chi connectivity index (χ0) is 31.9. The lowest BCUT2D eigenvalue weighted by atomic mass is 9.86. The fourth-order valence-corrected chi connectivity index (χ4v) is 5.13. The van der Waals surface area contributed by atoms with Crippen LogP contribution < -0.4 is 26.4 Å². The molecule has 3 aromatic rings. The summed E-state index contributed by atoms with van der Waals surface area (Å²) in [5, 5.41) is 10.5. The van der Waals surface area contributed by atoms with Crippen molar-refractivity contribution in [1.82, 2.24) is 4.90 Å². The molecule has 1 saturated heterocycles. The highest BCUT2D eigenvalue weighted by Crippen LogP contribution is 2.39. The normalized spacial score (nSPS) is 14.4. The lowest BCUT2D eigenvalue weighted by Crippen LogP contribution is -2.37. The first-order valence-electron chi connectivity index (χ1n) is 14.7. The number of ether oxygens (including phenoxy) is 2. The van der Waals surface area contributed by atoms with E-state index >= 15 is 0 Å². The molecule has 3 aromatic carbocycles. The van der Waals surface area contributed by atoms with E-state index in [1.54, 1.807) is 6.20 Å². The Morgan fingerprint density at radius 1 is 0.977 bits per heavy atom. The second-order valence-corrected chi connectivity index (χ2v) is 11.8. The molecule has 1 fully saturated rings. The van der Waals surface area contributed by atoms with Crippen LogP contribution in [0, 0.1) is 0 Å². The minimum absolute atomic E-state index is 0.238. The molecule has 0 aliphatic carbocycles. The van der Waals surface area contributed by atoms with Crippen molar-refractivity contribution >= 4 is 45.3 Å². The highest BCUT2D eigenvalue weighted by Gasteiger charge is 2.22. The van der Waals surface area contributed by atoms with Gasteiger partial charge >= 0.3 is 6.03 Å². The van der Waals surface area contributed by atoms with E-state index in [2.05, 4.69) is 48.2 Å². The molecule has 0 aromatic heterocycles. The first kappa shape index (κ1) is 32.3. The zero-order valence-corrected chi connectivity index (χ0v) is 26.3. The molecule has 0 bridgehead atoms. The summed E-state index contributed by atoms with van der Waals surface area (Å²) in [4.78, 5) is 27.6. The molecule has 5 N–H and O–H groups in total. The predicted octanol–water partition coefficient (Wildman–Crippen LogP) is 6.49. The van der Waals surface area contributed by atoms with Crippen molar-refractivity contribution in [2.45, 2.75) is 33.1 Å². The summed E-state index contributed by atoms with van der Waals surface area (Å²) in [6, 6.07) is 14.9. The van der Waals surface area contributed by atoms with Gasteiger partial charge in [0.25, 0.3) is 0 Å². The molecule has 232 valence electrons. The number of benzene rings is 3. The third-order valence-electron chi connectivity index (χ3n) is 7.41. The largest absolute Gasteiger partial charge is 0.492 e. The topological polar surface area (TPSA) is 118 Å². The van der Waals surface area contributed by atoms with Crippen LogP contribution in [0.4, 0.5) is 21.9 Å². The van der Waals surface area contributed by atoms with E-state index in [4.69, 9.17) is 15.2 Å². The van der Waals surface area contributed by atoms with Crippen LogP contribution in [0.1, 0.15) is 38.8 Å². The number of urea groups is 1. The Morgan fingerprint density at radius 3 is 2.23 bits per heavy atom. The fourth-order valence-electron chi connectivity index (χ4n) is 5.13. The number of hydrogen-bond acceptors (Lipinski definition) is 6. The molecule has 0 atom stereocenters. The molecule has 1 aliphatic heterocycles. The number of carbonyl (C=O) groups excluding carboxylic acids is 2. The standard InChI is InChI=1S/C35H43N5O4/c1-23(22-40-15-17-44-18-16-40)11-12-25(21-36)27-13-14-30(29-10-8-7-9-28(27)29)38-34(42)39-32-20-26(35(3,4)5)19-31(33(32)43-6)37-24(2)41/h7-14,19-21H,1,15-18,22,36H2,2-6H3,(H,37,41)(H2,38,39,42)/b12-11-,25-21+. The molecule has 0 unspecified atom stereocenters. The van der Waals surface area contributed by atoms with Crippen molar-refractivity contribution in [3.8, 4) is 5.75 Å². The van der Waals surface area contributed by atoms with Crippen LogP contribution in [-0.4, -0.2) is 56.8 Å². The molecule has 9 heteroatoms. The van der Waals surface area contributed by atoms with Crippen molar-refractivity contribution in [3.63, 3.8) is 0 Å². The molecule has 0 radical (unpaired) electrons. The third-order valence-corrected chi connectivity index (χ3v) is 7.41. The number of morpholine rings is 1. The summed E-state index contributed by atoms with van der Waals surface area (Å²) in [6.07, 6.45) is 5.56. The molecule has 44 heavy (non-hydrogen) atoms. The number of rotatable bonds is 9. The monoisotopic (exact) mass is 597 g/mol. The lowest BCUT2D eigenvalue weighted by Gasteiger charge is -2.26. The maximum Gasteiger partial charge on any atom is 0.323 e. The Hall–Kier alpha value is -4.60. The number of allylic oxidation sites excluding steroid dienone is 2. The maximum absolute atomic E-state index is 13.4. The third kappa shape index (κ3) is 8.06. The van der Waals surface area contributed by atoms with Crippen LogP contribution in [0.2, 0.25) is 0 Å². The summed E-state index contributed by atoms with van der Waals surface area (Å²) in [7, 11) is 1.50. The van der Waals surface area contributed by atoms with Crippen LogP contribution in [-0.2, 0) is 14.9 Å². The Labute approximate surface area is 259 Å². The fraction of sp³-hybridized carbons (Fsp3) is 0.314. The Bertz CT molecular complexity index is 1600. The zero-order valence-electron chi connectivity index (χ0n) is 26.3. The van der Waals surface area contributed by atoms with E-state index in [1.165, 1.54) is 14.0 Å². The van der Waals surface area contributed by atoms with Crippen LogP contribution in [0.25, 0.3) is 16.3 Å². The van der Waals surface area contributed by atoms with Crippen LogP contribution in [0.3, 0.4) is 0 Å². The number of carbonyl (C=O) groups is 2. The average molecular weight is 598 g/mol. The van der Waals surface area contributed by atoms with Crippen molar-refractivity contribution in [3.05, 3.63) is 90.2 Å². The van der Waals surface area contributed by atoms with Gasteiger partial charge < -0.3 is 31.2 Å². The van der Waals surface area contributed by atoms with Gasteiger partial charge in [0.15, 0.2) is 5.75 Å². The van der Waals surface area contributed by atoms with Gasteiger partial charge in [-0.3, -0.25) is 9.69 Å². The predicted molar refractivity (Wildman–Crippen MR) is 180 cm³/mol. The molecule has 3 amide bonds. The van der Waals surface area contributed by atoms with E-state index in [1.807, 2.05) is 60.7 Å². The highest BCUT2D eigenvalue weighted by atomic mass is 16.5. The van der Waals surface area contributed by atoms with E-state index < -0.39 is 6.03 Å². The summed E-state index contributed by atoms with van der Waals surface area (Å²) >= 11 is 0. The van der Waals surface area contributed by atoms with Crippen molar-refractivity contribution in [2.24, 2.45) is 5.73 Å². The second-order valence-electron chi connectivity index (χ2n) is 11.8.